The van der Waals surface area contributed by atoms with E-state index in [0.717, 1.165) is 40.5 Å². The lowest BCUT2D eigenvalue weighted by atomic mass is 9.99. The molecular formula is C24H24FNO3. The number of ether oxygens (including phenoxy) is 1. The van der Waals surface area contributed by atoms with E-state index < -0.39 is 0 Å². The molecule has 4 rings (SSSR count). The van der Waals surface area contributed by atoms with Crippen LogP contribution < -0.4 is 10.1 Å². The van der Waals surface area contributed by atoms with Crippen molar-refractivity contribution in [2.24, 2.45) is 0 Å². The lowest BCUT2D eigenvalue weighted by molar-refractivity contribution is -0.117. The molecule has 3 aromatic rings. The molecule has 1 heterocycles. The normalized spacial score (nSPS) is 15.1. The Morgan fingerprint density at radius 2 is 1.93 bits per heavy atom. The first-order valence-electron chi connectivity index (χ1n) is 9.89. The molecule has 1 fully saturated rings. The third-order valence-electron chi connectivity index (χ3n) is 5.52. The molecule has 29 heavy (non-hydrogen) atoms. The van der Waals surface area contributed by atoms with E-state index in [1.54, 1.807) is 31.6 Å². The first kappa shape index (κ1) is 19.2. The van der Waals surface area contributed by atoms with E-state index >= 15 is 0 Å². The van der Waals surface area contributed by atoms with Crippen molar-refractivity contribution in [1.29, 1.82) is 0 Å². The number of carbonyl (C=O) groups is 1. The Bertz CT molecular complexity index is 1060. The summed E-state index contributed by atoms with van der Waals surface area (Å²) < 4.78 is 24.5. The number of carbonyl (C=O) groups excluding carboxylic acids is 1. The Hall–Kier alpha value is -3.08. The van der Waals surface area contributed by atoms with E-state index in [2.05, 4.69) is 5.32 Å². The molecule has 1 amide bonds. The number of hydrogen-bond acceptors (Lipinski definition) is 3. The molecule has 0 atom stereocenters. The zero-order chi connectivity index (χ0) is 20.4. The summed E-state index contributed by atoms with van der Waals surface area (Å²) >= 11 is 0. The smallest absolute Gasteiger partial charge is 0.244 e. The highest BCUT2D eigenvalue weighted by Gasteiger charge is 2.18. The molecule has 1 aliphatic carbocycles. The van der Waals surface area contributed by atoms with Crippen LogP contribution in [0.15, 0.2) is 53.2 Å². The van der Waals surface area contributed by atoms with Crippen LogP contribution in [0, 0.1) is 5.82 Å². The lowest BCUT2D eigenvalue weighted by Gasteiger charge is -2.12. The number of amides is 1. The van der Waals surface area contributed by atoms with Gasteiger partial charge in [-0.3, -0.25) is 4.79 Å². The Morgan fingerprint density at radius 1 is 1.21 bits per heavy atom. The molecule has 0 saturated heterocycles. The van der Waals surface area contributed by atoms with Crippen molar-refractivity contribution in [2.45, 2.75) is 38.6 Å². The first-order chi connectivity index (χ1) is 14.0. The average molecular weight is 393 g/mol. The van der Waals surface area contributed by atoms with E-state index in [-0.39, 0.29) is 17.8 Å². The zero-order valence-corrected chi connectivity index (χ0v) is 16.6. The average Bonchev–Trinajstić information content (AvgIpc) is 3.36. The first-order valence-corrected chi connectivity index (χ1v) is 9.89. The summed E-state index contributed by atoms with van der Waals surface area (Å²) in [7, 11) is 1.60. The second kappa shape index (κ2) is 8.11. The van der Waals surface area contributed by atoms with Crippen molar-refractivity contribution < 1.29 is 18.3 Å². The van der Waals surface area contributed by atoms with Gasteiger partial charge in [0, 0.05) is 34.7 Å². The fraction of sp³-hybridized carbons (Fsp3) is 0.292. The molecule has 2 aromatic carbocycles. The van der Waals surface area contributed by atoms with Gasteiger partial charge < -0.3 is 14.5 Å². The Balaban J connectivity index is 1.70. The summed E-state index contributed by atoms with van der Waals surface area (Å²) in [6.07, 6.45) is 7.72. The fourth-order valence-electron chi connectivity index (χ4n) is 3.97. The predicted molar refractivity (Wildman–Crippen MR) is 112 cm³/mol. The molecule has 150 valence electrons. The summed E-state index contributed by atoms with van der Waals surface area (Å²) in [5.74, 6) is 0.276. The Kier molecular flexibility index (Phi) is 5.38. The molecule has 1 aliphatic rings. The molecule has 1 aromatic heterocycles. The number of furan rings is 1. The van der Waals surface area contributed by atoms with Crippen molar-refractivity contribution in [3.05, 3.63) is 60.1 Å². The number of nitrogens with one attached hydrogen (secondary N) is 1. The Labute approximate surface area is 169 Å². The minimum atomic E-state index is -0.282. The third-order valence-corrected chi connectivity index (χ3v) is 5.52. The van der Waals surface area contributed by atoms with Gasteiger partial charge in [-0.2, -0.15) is 0 Å². The van der Waals surface area contributed by atoms with Gasteiger partial charge >= 0.3 is 0 Å². The topological polar surface area (TPSA) is 51.5 Å². The zero-order valence-electron chi connectivity index (χ0n) is 16.6. The number of halogens is 1. The highest BCUT2D eigenvalue weighted by Crippen LogP contribution is 2.37. The van der Waals surface area contributed by atoms with E-state index in [1.807, 2.05) is 19.1 Å². The van der Waals surface area contributed by atoms with Crippen LogP contribution in [0.4, 0.5) is 4.39 Å². The van der Waals surface area contributed by atoms with Crippen LogP contribution in [-0.4, -0.2) is 19.1 Å². The predicted octanol–water partition coefficient (Wildman–Crippen LogP) is 5.71. The maximum atomic E-state index is 13.3. The highest BCUT2D eigenvalue weighted by atomic mass is 19.1. The van der Waals surface area contributed by atoms with Gasteiger partial charge in [-0.15, -0.1) is 0 Å². The van der Waals surface area contributed by atoms with Gasteiger partial charge in [0.1, 0.15) is 17.1 Å². The summed E-state index contributed by atoms with van der Waals surface area (Å²) in [6, 6.07) is 10.4. The summed E-state index contributed by atoms with van der Waals surface area (Å²) in [4.78, 5) is 12.4. The number of fused-ring (bicyclic) bond motifs is 1. The SMILES string of the molecule is COc1cc2occ(-c3ccc(F)cc3)c2cc1/C(C)=C/C(=O)NC1CCCC1. The van der Waals surface area contributed by atoms with E-state index in [0.29, 0.717) is 11.3 Å². The van der Waals surface area contributed by atoms with Crippen LogP contribution in [0.5, 0.6) is 5.75 Å². The van der Waals surface area contributed by atoms with Crippen molar-refractivity contribution in [3.8, 4) is 16.9 Å². The molecule has 4 nitrogen and oxygen atoms in total. The van der Waals surface area contributed by atoms with Crippen LogP contribution in [0.1, 0.15) is 38.2 Å². The number of benzene rings is 2. The monoisotopic (exact) mass is 393 g/mol. The number of hydrogen-bond donors (Lipinski definition) is 1. The van der Waals surface area contributed by atoms with Crippen molar-refractivity contribution in [2.75, 3.05) is 7.11 Å². The van der Waals surface area contributed by atoms with Crippen LogP contribution >= 0.6 is 0 Å². The van der Waals surface area contributed by atoms with E-state index in [1.165, 1.54) is 25.0 Å². The number of allylic oxidation sites excluding steroid dienone is 1. The van der Waals surface area contributed by atoms with Crippen molar-refractivity contribution in [3.63, 3.8) is 0 Å². The van der Waals surface area contributed by atoms with Crippen LogP contribution in [-0.2, 0) is 4.79 Å². The standard InChI is InChI=1S/C24H24FNO3/c1-15(11-24(27)26-18-5-3-4-6-18)19-12-20-21(16-7-9-17(25)10-8-16)14-29-23(20)13-22(19)28-2/h7-14,18H,3-6H2,1-2H3,(H,26,27)/b15-11+. The van der Waals surface area contributed by atoms with Crippen molar-refractivity contribution >= 4 is 22.4 Å². The van der Waals surface area contributed by atoms with Gasteiger partial charge in [-0.1, -0.05) is 25.0 Å². The van der Waals surface area contributed by atoms with Crippen LogP contribution in [0.25, 0.3) is 27.7 Å². The second-order valence-electron chi connectivity index (χ2n) is 7.52. The molecule has 1 saturated carbocycles. The Morgan fingerprint density at radius 3 is 2.62 bits per heavy atom. The van der Waals surface area contributed by atoms with Gasteiger partial charge in [0.15, 0.2) is 0 Å². The molecule has 0 unspecified atom stereocenters. The van der Waals surface area contributed by atoms with Crippen LogP contribution in [0.2, 0.25) is 0 Å². The number of methoxy groups -OCH3 is 1. The molecular weight excluding hydrogens is 369 g/mol. The van der Waals surface area contributed by atoms with Gasteiger partial charge in [-0.25, -0.2) is 4.39 Å². The minimum absolute atomic E-state index is 0.0810. The molecule has 0 radical (unpaired) electrons. The molecule has 0 spiro atoms. The van der Waals surface area contributed by atoms with Crippen LogP contribution in [0.3, 0.4) is 0 Å². The maximum absolute atomic E-state index is 13.3. The highest BCUT2D eigenvalue weighted by molar-refractivity contribution is 6.00. The van der Waals surface area contributed by atoms with E-state index in [9.17, 15) is 9.18 Å². The summed E-state index contributed by atoms with van der Waals surface area (Å²) in [5.41, 5.74) is 4.04. The van der Waals surface area contributed by atoms with Gasteiger partial charge in [0.2, 0.25) is 5.91 Å². The molecule has 0 aliphatic heterocycles. The number of rotatable bonds is 5. The minimum Gasteiger partial charge on any atom is -0.496 e. The van der Waals surface area contributed by atoms with Gasteiger partial charge in [0.25, 0.3) is 0 Å². The lowest BCUT2D eigenvalue weighted by Crippen LogP contribution is -2.31. The second-order valence-corrected chi connectivity index (χ2v) is 7.52. The third kappa shape index (κ3) is 4.04. The fourth-order valence-corrected chi connectivity index (χ4v) is 3.97. The molecule has 0 bridgehead atoms. The summed E-state index contributed by atoms with van der Waals surface area (Å²) in [5, 5.41) is 3.97. The van der Waals surface area contributed by atoms with E-state index in [4.69, 9.17) is 9.15 Å². The van der Waals surface area contributed by atoms with Gasteiger partial charge in [0.05, 0.1) is 13.4 Å². The van der Waals surface area contributed by atoms with Gasteiger partial charge in [-0.05, 0) is 49.1 Å². The maximum Gasteiger partial charge on any atom is 0.244 e. The van der Waals surface area contributed by atoms with Crippen molar-refractivity contribution in [1.82, 2.24) is 5.32 Å². The summed E-state index contributed by atoms with van der Waals surface area (Å²) in [6.45, 7) is 1.90. The molecule has 5 heteroatoms. The molecule has 1 N–H and O–H groups in total. The quantitative estimate of drug-likeness (QED) is 0.565. The largest absolute Gasteiger partial charge is 0.496 e.